The number of carbonyl (C=O) groups excluding carboxylic acids is 1. The molecule has 0 spiro atoms. The van der Waals surface area contributed by atoms with E-state index in [1.807, 2.05) is 32.9 Å². The number of hydrogen-bond donors (Lipinski definition) is 1. The van der Waals surface area contributed by atoms with Crippen LogP contribution >= 0.6 is 0 Å². The van der Waals surface area contributed by atoms with Gasteiger partial charge in [-0.05, 0) is 43.0 Å². The molecule has 2 aliphatic heterocycles. The molecule has 0 aromatic heterocycles. The second kappa shape index (κ2) is 8.16. The van der Waals surface area contributed by atoms with Gasteiger partial charge in [0.1, 0.15) is 6.04 Å². The van der Waals surface area contributed by atoms with E-state index in [-0.39, 0.29) is 17.6 Å². The number of morpholine rings is 1. The predicted molar refractivity (Wildman–Crippen MR) is 107 cm³/mol. The second-order valence-corrected chi connectivity index (χ2v) is 9.60. The molecule has 2 fully saturated rings. The van der Waals surface area contributed by atoms with Crippen molar-refractivity contribution in [1.82, 2.24) is 4.31 Å². The molecule has 0 aliphatic carbocycles. The third-order valence-electron chi connectivity index (χ3n) is 5.19. The van der Waals surface area contributed by atoms with Crippen LogP contribution < -0.4 is 10.2 Å². The minimum atomic E-state index is -3.35. The summed E-state index contributed by atoms with van der Waals surface area (Å²) in [6.07, 6.45) is 0.576. The average Bonchev–Trinajstić information content (AvgIpc) is 2.96. The van der Waals surface area contributed by atoms with Gasteiger partial charge in [-0.3, -0.25) is 4.79 Å². The molecule has 0 unspecified atom stereocenters. The number of rotatable bonds is 5. The van der Waals surface area contributed by atoms with Crippen molar-refractivity contribution in [3.05, 3.63) is 23.8 Å². The Labute approximate surface area is 161 Å². The van der Waals surface area contributed by atoms with Crippen molar-refractivity contribution in [3.8, 4) is 0 Å². The predicted octanol–water partition coefficient (Wildman–Crippen LogP) is 1.83. The van der Waals surface area contributed by atoms with Gasteiger partial charge in [0.05, 0.1) is 19.0 Å². The quantitative estimate of drug-likeness (QED) is 0.823. The SMILES string of the molecule is Cc1cc(N2CCOCC2)ccc1NC(=O)[C@@H](C(C)C)N1CCCS1(=O)=O. The summed E-state index contributed by atoms with van der Waals surface area (Å²) in [6, 6.07) is 5.26. The lowest BCUT2D eigenvalue weighted by Crippen LogP contribution is -2.48. The first-order chi connectivity index (χ1) is 12.8. The van der Waals surface area contributed by atoms with Gasteiger partial charge in [0.25, 0.3) is 0 Å². The second-order valence-electron chi connectivity index (χ2n) is 7.56. The number of amides is 1. The van der Waals surface area contributed by atoms with Crippen molar-refractivity contribution in [2.75, 3.05) is 48.8 Å². The van der Waals surface area contributed by atoms with Crippen LogP contribution in [-0.2, 0) is 19.6 Å². The fraction of sp³-hybridized carbons (Fsp3) is 0.632. The number of carbonyl (C=O) groups is 1. The first-order valence-electron chi connectivity index (χ1n) is 9.53. The van der Waals surface area contributed by atoms with Crippen LogP contribution in [0.5, 0.6) is 0 Å². The van der Waals surface area contributed by atoms with Gasteiger partial charge in [0.15, 0.2) is 0 Å². The molecule has 150 valence electrons. The van der Waals surface area contributed by atoms with Crippen molar-refractivity contribution in [2.24, 2.45) is 5.92 Å². The van der Waals surface area contributed by atoms with E-state index in [4.69, 9.17) is 4.74 Å². The lowest BCUT2D eigenvalue weighted by Gasteiger charge is -2.30. The number of hydrogen-bond acceptors (Lipinski definition) is 5. The molecule has 7 nitrogen and oxygen atoms in total. The standard InChI is InChI=1S/C19H29N3O4S/c1-14(2)18(22-7-4-12-27(22,24)25)19(23)20-17-6-5-16(13-15(17)3)21-8-10-26-11-9-21/h5-6,13-14,18H,4,7-12H2,1-3H3,(H,20,23)/t18-/m1/s1. The first-order valence-corrected chi connectivity index (χ1v) is 11.1. The minimum Gasteiger partial charge on any atom is -0.378 e. The third-order valence-corrected chi connectivity index (χ3v) is 7.12. The molecule has 0 radical (unpaired) electrons. The molecule has 2 saturated heterocycles. The summed E-state index contributed by atoms with van der Waals surface area (Å²) in [7, 11) is -3.35. The average molecular weight is 396 g/mol. The largest absolute Gasteiger partial charge is 0.378 e. The highest BCUT2D eigenvalue weighted by molar-refractivity contribution is 7.89. The summed E-state index contributed by atoms with van der Waals surface area (Å²) in [5, 5.41) is 2.95. The number of nitrogens with one attached hydrogen (secondary N) is 1. The highest BCUT2D eigenvalue weighted by atomic mass is 32.2. The first kappa shape index (κ1) is 20.1. The molecule has 1 amide bonds. The maximum atomic E-state index is 12.9. The smallest absolute Gasteiger partial charge is 0.243 e. The molecule has 2 aliphatic rings. The summed E-state index contributed by atoms with van der Waals surface area (Å²) in [4.78, 5) is 15.2. The van der Waals surface area contributed by atoms with Crippen LogP contribution in [0.15, 0.2) is 18.2 Å². The van der Waals surface area contributed by atoms with Crippen molar-refractivity contribution >= 4 is 27.3 Å². The van der Waals surface area contributed by atoms with E-state index >= 15 is 0 Å². The normalized spacial score (nSPS) is 21.4. The van der Waals surface area contributed by atoms with E-state index in [0.717, 1.165) is 43.2 Å². The Morgan fingerprint density at radius 1 is 1.19 bits per heavy atom. The minimum absolute atomic E-state index is 0.106. The third kappa shape index (κ3) is 4.44. The number of sulfonamides is 1. The molecule has 27 heavy (non-hydrogen) atoms. The fourth-order valence-electron chi connectivity index (χ4n) is 3.75. The van der Waals surface area contributed by atoms with E-state index in [0.29, 0.717) is 13.0 Å². The zero-order valence-electron chi connectivity index (χ0n) is 16.3. The van der Waals surface area contributed by atoms with Gasteiger partial charge >= 0.3 is 0 Å². The fourth-order valence-corrected chi connectivity index (χ4v) is 5.57. The Balaban J connectivity index is 1.75. The topological polar surface area (TPSA) is 79.0 Å². The van der Waals surface area contributed by atoms with Crippen LogP contribution in [0.2, 0.25) is 0 Å². The van der Waals surface area contributed by atoms with E-state index in [1.54, 1.807) is 0 Å². The number of ether oxygens (including phenoxy) is 1. The molecule has 1 aromatic carbocycles. The number of nitrogens with zero attached hydrogens (tertiary/aromatic N) is 2. The maximum absolute atomic E-state index is 12.9. The van der Waals surface area contributed by atoms with Crippen LogP contribution in [-0.4, -0.2) is 63.3 Å². The van der Waals surface area contributed by atoms with Gasteiger partial charge in [0.2, 0.25) is 15.9 Å². The van der Waals surface area contributed by atoms with Gasteiger partial charge in [0, 0.05) is 31.0 Å². The van der Waals surface area contributed by atoms with Crippen molar-refractivity contribution < 1.29 is 17.9 Å². The molecule has 2 heterocycles. The monoisotopic (exact) mass is 395 g/mol. The summed E-state index contributed by atoms with van der Waals surface area (Å²) < 4.78 is 31.3. The van der Waals surface area contributed by atoms with Gasteiger partial charge in [-0.1, -0.05) is 13.8 Å². The Hall–Kier alpha value is -1.64. The van der Waals surface area contributed by atoms with Crippen LogP contribution in [0.1, 0.15) is 25.8 Å². The number of benzene rings is 1. The Kier molecular flexibility index (Phi) is 6.08. The molecule has 3 rings (SSSR count). The van der Waals surface area contributed by atoms with Gasteiger partial charge in [-0.15, -0.1) is 0 Å². The molecule has 0 bridgehead atoms. The zero-order chi connectivity index (χ0) is 19.6. The summed E-state index contributed by atoms with van der Waals surface area (Å²) in [5.74, 6) is -0.250. The van der Waals surface area contributed by atoms with Crippen LogP contribution in [0.4, 0.5) is 11.4 Å². The van der Waals surface area contributed by atoms with E-state index < -0.39 is 16.1 Å². The Bertz CT molecular complexity index is 788. The van der Waals surface area contributed by atoms with Crippen molar-refractivity contribution in [2.45, 2.75) is 33.2 Å². The molecule has 8 heteroatoms. The number of aryl methyl sites for hydroxylation is 1. The van der Waals surface area contributed by atoms with Gasteiger partial charge < -0.3 is 15.0 Å². The molecule has 1 aromatic rings. The summed E-state index contributed by atoms with van der Waals surface area (Å²) in [6.45, 7) is 9.28. The van der Waals surface area contributed by atoms with Gasteiger partial charge in [-0.2, -0.15) is 4.31 Å². The zero-order valence-corrected chi connectivity index (χ0v) is 17.1. The Morgan fingerprint density at radius 2 is 1.89 bits per heavy atom. The van der Waals surface area contributed by atoms with E-state index in [1.165, 1.54) is 4.31 Å². The Morgan fingerprint density at radius 3 is 2.44 bits per heavy atom. The van der Waals surface area contributed by atoms with Gasteiger partial charge in [-0.25, -0.2) is 8.42 Å². The molecular formula is C19H29N3O4S. The molecular weight excluding hydrogens is 366 g/mol. The molecule has 0 saturated carbocycles. The van der Waals surface area contributed by atoms with Crippen LogP contribution in [0, 0.1) is 12.8 Å². The van der Waals surface area contributed by atoms with Crippen molar-refractivity contribution in [1.29, 1.82) is 0 Å². The highest BCUT2D eigenvalue weighted by Crippen LogP contribution is 2.26. The summed E-state index contributed by atoms with van der Waals surface area (Å²) >= 11 is 0. The lowest BCUT2D eigenvalue weighted by molar-refractivity contribution is -0.120. The summed E-state index contributed by atoms with van der Waals surface area (Å²) in [5.41, 5.74) is 2.79. The molecule has 1 atom stereocenters. The van der Waals surface area contributed by atoms with E-state index in [9.17, 15) is 13.2 Å². The maximum Gasteiger partial charge on any atom is 0.243 e. The van der Waals surface area contributed by atoms with E-state index in [2.05, 4.69) is 16.3 Å². The highest BCUT2D eigenvalue weighted by Gasteiger charge is 2.40. The number of anilines is 2. The van der Waals surface area contributed by atoms with Crippen LogP contribution in [0.25, 0.3) is 0 Å². The van der Waals surface area contributed by atoms with Crippen molar-refractivity contribution in [3.63, 3.8) is 0 Å². The van der Waals surface area contributed by atoms with Crippen LogP contribution in [0.3, 0.4) is 0 Å². The lowest BCUT2D eigenvalue weighted by atomic mass is 10.0. The molecule has 1 N–H and O–H groups in total.